The third-order valence-corrected chi connectivity index (χ3v) is 5.07. The summed E-state index contributed by atoms with van der Waals surface area (Å²) < 4.78 is 5.05. The van der Waals surface area contributed by atoms with Crippen LogP contribution in [0.2, 0.25) is 0 Å². The lowest BCUT2D eigenvalue weighted by Gasteiger charge is -2.33. The van der Waals surface area contributed by atoms with E-state index in [4.69, 9.17) is 4.74 Å². The zero-order valence-corrected chi connectivity index (χ0v) is 17.0. The summed E-state index contributed by atoms with van der Waals surface area (Å²) in [6.45, 7) is 3.92. The maximum absolute atomic E-state index is 13.3. The van der Waals surface area contributed by atoms with Crippen molar-refractivity contribution in [2.45, 2.75) is 71.3 Å². The lowest BCUT2D eigenvalue weighted by atomic mass is 9.95. The largest absolute Gasteiger partial charge is 0.466 e. The monoisotopic (exact) mass is 388 g/mol. The number of anilines is 1. The second kappa shape index (κ2) is 11.5. The van der Waals surface area contributed by atoms with Crippen molar-refractivity contribution >= 4 is 23.5 Å². The molecule has 6 nitrogen and oxygen atoms in total. The number of carbonyl (C=O) groups is 3. The second-order valence-electron chi connectivity index (χ2n) is 7.31. The first kappa shape index (κ1) is 21.9. The van der Waals surface area contributed by atoms with Crippen molar-refractivity contribution in [2.24, 2.45) is 0 Å². The first-order chi connectivity index (χ1) is 13.5. The molecular formula is C22H32N2O4. The van der Waals surface area contributed by atoms with Crippen molar-refractivity contribution < 1.29 is 19.1 Å². The molecule has 0 saturated heterocycles. The number of nitrogens with zero attached hydrogens (tertiary/aromatic N) is 1. The number of esters is 1. The molecule has 2 rings (SSSR count). The quantitative estimate of drug-likeness (QED) is 0.712. The normalized spacial score (nSPS) is 15.2. The van der Waals surface area contributed by atoms with Crippen LogP contribution in [-0.2, 0) is 14.3 Å². The molecule has 1 saturated carbocycles. The van der Waals surface area contributed by atoms with Gasteiger partial charge in [0.05, 0.1) is 13.0 Å². The van der Waals surface area contributed by atoms with Crippen molar-refractivity contribution in [3.8, 4) is 0 Å². The Labute approximate surface area is 167 Å². The van der Waals surface area contributed by atoms with Crippen LogP contribution in [0, 0.1) is 0 Å². The Kier molecular flexibility index (Phi) is 8.98. The van der Waals surface area contributed by atoms with E-state index in [0.29, 0.717) is 24.4 Å². The van der Waals surface area contributed by atoms with Gasteiger partial charge >= 0.3 is 5.97 Å². The van der Waals surface area contributed by atoms with Crippen LogP contribution in [0.3, 0.4) is 0 Å². The van der Waals surface area contributed by atoms with Crippen LogP contribution in [0.1, 0.15) is 75.6 Å². The summed E-state index contributed by atoms with van der Waals surface area (Å²) in [4.78, 5) is 38.4. The van der Waals surface area contributed by atoms with E-state index in [1.165, 1.54) is 26.2 Å². The molecule has 0 aromatic heterocycles. The summed E-state index contributed by atoms with van der Waals surface area (Å²) in [7, 11) is 0. The van der Waals surface area contributed by atoms with E-state index in [2.05, 4.69) is 5.32 Å². The average Bonchev–Trinajstić information content (AvgIpc) is 2.62. The van der Waals surface area contributed by atoms with Gasteiger partial charge < -0.3 is 15.0 Å². The summed E-state index contributed by atoms with van der Waals surface area (Å²) >= 11 is 0. The molecule has 1 fully saturated rings. The molecule has 2 amide bonds. The van der Waals surface area contributed by atoms with Crippen molar-refractivity contribution in [1.29, 1.82) is 0 Å². The molecule has 0 aliphatic heterocycles. The fourth-order valence-electron chi connectivity index (χ4n) is 3.74. The maximum atomic E-state index is 13.3. The lowest BCUT2D eigenvalue weighted by molar-refractivity contribution is -0.143. The predicted molar refractivity (Wildman–Crippen MR) is 109 cm³/mol. The number of carbonyl (C=O) groups excluding carboxylic acids is 3. The smallest absolute Gasteiger partial charge is 0.307 e. The van der Waals surface area contributed by atoms with Crippen LogP contribution in [0.4, 0.5) is 5.69 Å². The zero-order chi connectivity index (χ0) is 20.4. The highest BCUT2D eigenvalue weighted by atomic mass is 16.5. The van der Waals surface area contributed by atoms with E-state index in [1.54, 1.807) is 31.2 Å². The van der Waals surface area contributed by atoms with E-state index in [9.17, 15) is 14.4 Å². The third-order valence-electron chi connectivity index (χ3n) is 5.07. The molecule has 28 heavy (non-hydrogen) atoms. The Morgan fingerprint density at radius 3 is 2.43 bits per heavy atom. The van der Waals surface area contributed by atoms with Crippen LogP contribution in [-0.4, -0.2) is 41.9 Å². The number of amides is 2. The average molecular weight is 389 g/mol. The van der Waals surface area contributed by atoms with Crippen LogP contribution in [0.25, 0.3) is 0 Å². The van der Waals surface area contributed by atoms with Crippen molar-refractivity contribution in [3.63, 3.8) is 0 Å². The SMILES string of the molecule is CCOC(=O)CCN(C(=O)c1cccc(NC(C)=O)c1)C1CCCCCCC1. The molecular weight excluding hydrogens is 356 g/mol. The number of ether oxygens (including phenoxy) is 1. The van der Waals surface area contributed by atoms with Crippen LogP contribution in [0.15, 0.2) is 24.3 Å². The molecule has 0 atom stereocenters. The zero-order valence-electron chi connectivity index (χ0n) is 17.0. The van der Waals surface area contributed by atoms with Crippen molar-refractivity contribution in [1.82, 2.24) is 4.90 Å². The molecule has 1 aliphatic carbocycles. The fraction of sp³-hybridized carbons (Fsp3) is 0.591. The summed E-state index contributed by atoms with van der Waals surface area (Å²) in [6, 6.07) is 7.11. The second-order valence-corrected chi connectivity index (χ2v) is 7.31. The number of hydrogen-bond acceptors (Lipinski definition) is 4. The van der Waals surface area contributed by atoms with Crippen LogP contribution < -0.4 is 5.32 Å². The van der Waals surface area contributed by atoms with Crippen molar-refractivity contribution in [3.05, 3.63) is 29.8 Å². The van der Waals surface area contributed by atoms with E-state index in [-0.39, 0.29) is 30.2 Å². The van der Waals surface area contributed by atoms with Gasteiger partial charge in [0.15, 0.2) is 0 Å². The fourth-order valence-corrected chi connectivity index (χ4v) is 3.74. The number of rotatable bonds is 7. The van der Waals surface area contributed by atoms with Gasteiger partial charge in [-0.3, -0.25) is 14.4 Å². The summed E-state index contributed by atoms with van der Waals surface area (Å²) in [5.74, 6) is -0.552. The Morgan fingerprint density at radius 2 is 1.79 bits per heavy atom. The summed E-state index contributed by atoms with van der Waals surface area (Å²) in [5, 5.41) is 2.72. The van der Waals surface area contributed by atoms with E-state index in [0.717, 1.165) is 25.7 Å². The van der Waals surface area contributed by atoms with Gasteiger partial charge in [0.25, 0.3) is 5.91 Å². The Morgan fingerprint density at radius 1 is 1.11 bits per heavy atom. The highest BCUT2D eigenvalue weighted by molar-refractivity contribution is 5.97. The first-order valence-corrected chi connectivity index (χ1v) is 10.4. The van der Waals surface area contributed by atoms with Crippen LogP contribution in [0.5, 0.6) is 0 Å². The predicted octanol–water partition coefficient (Wildman–Crippen LogP) is 4.15. The summed E-state index contributed by atoms with van der Waals surface area (Å²) in [6.07, 6.45) is 7.94. The molecule has 1 aromatic carbocycles. The minimum absolute atomic E-state index is 0.0953. The molecule has 0 radical (unpaired) electrons. The van der Waals surface area contributed by atoms with E-state index < -0.39 is 0 Å². The van der Waals surface area contributed by atoms with Gasteiger partial charge in [-0.15, -0.1) is 0 Å². The van der Waals surface area contributed by atoms with Gasteiger partial charge in [-0.2, -0.15) is 0 Å². The van der Waals surface area contributed by atoms with E-state index in [1.807, 2.05) is 4.90 Å². The molecule has 0 unspecified atom stereocenters. The Balaban J connectivity index is 2.19. The number of benzene rings is 1. The molecule has 0 spiro atoms. The maximum Gasteiger partial charge on any atom is 0.307 e. The van der Waals surface area contributed by atoms with Crippen LogP contribution >= 0.6 is 0 Å². The molecule has 1 aliphatic rings. The topological polar surface area (TPSA) is 75.7 Å². The van der Waals surface area contributed by atoms with Gasteiger partial charge in [0, 0.05) is 30.8 Å². The van der Waals surface area contributed by atoms with Gasteiger partial charge in [-0.05, 0) is 38.0 Å². The highest BCUT2D eigenvalue weighted by Gasteiger charge is 2.26. The summed E-state index contributed by atoms with van der Waals surface area (Å²) in [5.41, 5.74) is 1.12. The molecule has 0 heterocycles. The van der Waals surface area contributed by atoms with Gasteiger partial charge in [0.2, 0.25) is 5.91 Å². The molecule has 0 bridgehead atoms. The van der Waals surface area contributed by atoms with E-state index >= 15 is 0 Å². The minimum atomic E-state index is -0.279. The minimum Gasteiger partial charge on any atom is -0.466 e. The molecule has 6 heteroatoms. The molecule has 1 N–H and O–H groups in total. The Bertz CT molecular complexity index is 666. The van der Waals surface area contributed by atoms with Gasteiger partial charge in [0.1, 0.15) is 0 Å². The molecule has 154 valence electrons. The standard InChI is InChI=1S/C22H32N2O4/c1-3-28-21(26)14-15-24(20-12-7-5-4-6-8-13-20)22(27)18-10-9-11-19(16-18)23-17(2)25/h9-11,16,20H,3-8,12-15H2,1-2H3,(H,23,25). The van der Waals surface area contributed by atoms with Gasteiger partial charge in [-0.25, -0.2) is 0 Å². The molecule has 1 aromatic rings. The highest BCUT2D eigenvalue weighted by Crippen LogP contribution is 2.24. The lowest BCUT2D eigenvalue weighted by Crippen LogP contribution is -2.42. The first-order valence-electron chi connectivity index (χ1n) is 10.4. The van der Waals surface area contributed by atoms with Crippen molar-refractivity contribution in [2.75, 3.05) is 18.5 Å². The van der Waals surface area contributed by atoms with Gasteiger partial charge in [-0.1, -0.05) is 38.2 Å². The Hall–Kier alpha value is -2.37. The third kappa shape index (κ3) is 6.98. The number of nitrogens with one attached hydrogen (secondary N) is 1. The number of hydrogen-bond donors (Lipinski definition) is 1.